The van der Waals surface area contributed by atoms with Gasteiger partial charge in [-0.15, -0.1) is 0 Å². The van der Waals surface area contributed by atoms with E-state index in [9.17, 15) is 14.3 Å². The lowest BCUT2D eigenvalue weighted by molar-refractivity contribution is -0.0712. The lowest BCUT2D eigenvalue weighted by Crippen LogP contribution is -2.34. The molecule has 2 aromatic heterocycles. The Morgan fingerprint density at radius 3 is 2.61 bits per heavy atom. The first-order chi connectivity index (χ1) is 21.3. The number of ether oxygens (including phenoxy) is 2. The first-order valence-electron chi connectivity index (χ1n) is 14.9. The van der Waals surface area contributed by atoms with E-state index in [4.69, 9.17) is 14.5 Å². The molecule has 8 nitrogen and oxygen atoms in total. The van der Waals surface area contributed by atoms with Crippen LogP contribution in [0, 0.1) is 12.7 Å². The lowest BCUT2D eigenvalue weighted by atomic mass is 9.88. The van der Waals surface area contributed by atoms with E-state index < -0.39 is 11.8 Å². The fourth-order valence-corrected chi connectivity index (χ4v) is 6.43. The molecule has 0 bridgehead atoms. The van der Waals surface area contributed by atoms with Crippen LogP contribution in [0.5, 0.6) is 11.5 Å². The summed E-state index contributed by atoms with van der Waals surface area (Å²) in [6.07, 6.45) is 3.59. The quantitative estimate of drug-likeness (QED) is 0.226. The number of para-hydroxylation sites is 1. The third-order valence-electron chi connectivity index (χ3n) is 8.74. The maximum absolute atomic E-state index is 14.9. The number of likely N-dealkylation sites (tertiary alicyclic amines) is 1. The minimum Gasteiger partial charge on any atom is -0.478 e. The number of piperidine rings is 1. The summed E-state index contributed by atoms with van der Waals surface area (Å²) in [5.41, 5.74) is 4.97. The van der Waals surface area contributed by atoms with Crippen LogP contribution in [0.3, 0.4) is 0 Å². The Balaban J connectivity index is 1.10. The van der Waals surface area contributed by atoms with Gasteiger partial charge in [-0.05, 0) is 92.9 Å². The zero-order valence-corrected chi connectivity index (χ0v) is 24.7. The SMILES string of the molecule is Cc1ccc(C2(C)Oc3cccc(C4CCN(Cc5nc6ccc(C(=O)O)cc6n5Cc5ccccn5)CC4)c3O2)c(F)c1. The van der Waals surface area contributed by atoms with Crippen LogP contribution in [0.25, 0.3) is 11.0 Å². The molecule has 4 heterocycles. The first-order valence-corrected chi connectivity index (χ1v) is 14.9. The van der Waals surface area contributed by atoms with Gasteiger partial charge in [0.1, 0.15) is 11.6 Å². The van der Waals surface area contributed by atoms with Crippen molar-refractivity contribution in [2.75, 3.05) is 13.1 Å². The largest absolute Gasteiger partial charge is 0.478 e. The fraction of sp³-hybridized carbons (Fsp3) is 0.286. The predicted octanol–water partition coefficient (Wildman–Crippen LogP) is 6.65. The zero-order chi connectivity index (χ0) is 30.4. The molecule has 3 aromatic carbocycles. The van der Waals surface area contributed by atoms with E-state index in [0.717, 1.165) is 59.6 Å². The third kappa shape index (κ3) is 5.17. The highest BCUT2D eigenvalue weighted by Crippen LogP contribution is 2.49. The number of nitrogens with zero attached hydrogens (tertiary/aromatic N) is 4. The van der Waals surface area contributed by atoms with Crippen LogP contribution >= 0.6 is 0 Å². The second-order valence-corrected chi connectivity index (χ2v) is 11.8. The molecule has 1 N–H and O–H groups in total. The highest BCUT2D eigenvalue weighted by Gasteiger charge is 2.42. The van der Waals surface area contributed by atoms with Gasteiger partial charge in [-0.25, -0.2) is 14.2 Å². The molecule has 5 aromatic rings. The molecule has 0 amide bonds. The molecule has 0 aliphatic carbocycles. The van der Waals surface area contributed by atoms with E-state index in [1.165, 1.54) is 6.07 Å². The molecule has 9 heteroatoms. The van der Waals surface area contributed by atoms with E-state index in [2.05, 4.69) is 20.5 Å². The number of carboxylic acid groups (broad SMARTS) is 1. The smallest absolute Gasteiger partial charge is 0.335 e. The number of imidazole rings is 1. The molecule has 7 rings (SSSR count). The Morgan fingerprint density at radius 1 is 1.02 bits per heavy atom. The Kier molecular flexibility index (Phi) is 7.05. The van der Waals surface area contributed by atoms with E-state index in [1.54, 1.807) is 37.4 Å². The number of aromatic carboxylic acids is 1. The van der Waals surface area contributed by atoms with Gasteiger partial charge in [0.2, 0.25) is 0 Å². The zero-order valence-electron chi connectivity index (χ0n) is 24.7. The number of carbonyl (C=O) groups is 1. The van der Waals surface area contributed by atoms with Crippen molar-refractivity contribution in [2.24, 2.45) is 0 Å². The summed E-state index contributed by atoms with van der Waals surface area (Å²) in [6.45, 7) is 6.46. The topological polar surface area (TPSA) is 89.7 Å². The van der Waals surface area contributed by atoms with Crippen molar-refractivity contribution in [2.45, 2.75) is 51.5 Å². The number of pyridine rings is 1. The van der Waals surface area contributed by atoms with Crippen molar-refractivity contribution in [1.82, 2.24) is 19.4 Å². The summed E-state index contributed by atoms with van der Waals surface area (Å²) in [5, 5.41) is 9.60. The van der Waals surface area contributed by atoms with Crippen LogP contribution in [0.15, 0.2) is 79.0 Å². The number of benzene rings is 3. The van der Waals surface area contributed by atoms with Gasteiger partial charge in [0.25, 0.3) is 5.79 Å². The lowest BCUT2D eigenvalue weighted by Gasteiger charge is -2.32. The van der Waals surface area contributed by atoms with Gasteiger partial charge in [-0.2, -0.15) is 0 Å². The number of aryl methyl sites for hydroxylation is 1. The molecule has 224 valence electrons. The molecule has 1 fully saturated rings. The third-order valence-corrected chi connectivity index (χ3v) is 8.74. The predicted molar refractivity (Wildman–Crippen MR) is 163 cm³/mol. The number of aromatic nitrogens is 3. The van der Waals surface area contributed by atoms with Gasteiger partial charge in [-0.1, -0.05) is 24.3 Å². The number of fused-ring (bicyclic) bond motifs is 2. The Hall–Kier alpha value is -4.76. The maximum Gasteiger partial charge on any atom is 0.335 e. The molecule has 0 spiro atoms. The Labute approximate surface area is 254 Å². The second kappa shape index (κ2) is 11.1. The van der Waals surface area contributed by atoms with Crippen molar-refractivity contribution in [1.29, 1.82) is 0 Å². The average Bonchev–Trinajstić information content (AvgIpc) is 3.54. The van der Waals surface area contributed by atoms with Crippen LogP contribution in [0.4, 0.5) is 4.39 Å². The average molecular weight is 593 g/mol. The van der Waals surface area contributed by atoms with Crippen molar-refractivity contribution in [3.63, 3.8) is 0 Å². The summed E-state index contributed by atoms with van der Waals surface area (Å²) in [6, 6.07) is 21.9. The van der Waals surface area contributed by atoms with Crippen LogP contribution in [0.1, 0.15) is 64.2 Å². The van der Waals surface area contributed by atoms with Gasteiger partial charge in [0.05, 0.1) is 40.9 Å². The van der Waals surface area contributed by atoms with Crippen molar-refractivity contribution < 1.29 is 23.8 Å². The molecule has 0 radical (unpaired) electrons. The van der Waals surface area contributed by atoms with E-state index in [0.29, 0.717) is 30.2 Å². The molecule has 1 unspecified atom stereocenters. The van der Waals surface area contributed by atoms with E-state index >= 15 is 0 Å². The molecule has 44 heavy (non-hydrogen) atoms. The second-order valence-electron chi connectivity index (χ2n) is 11.8. The molecule has 2 aliphatic rings. The normalized spacial score (nSPS) is 18.6. The molecule has 0 saturated carbocycles. The summed E-state index contributed by atoms with van der Waals surface area (Å²) in [5.74, 6) is -0.0726. The molecule has 1 atom stereocenters. The molecule has 1 saturated heterocycles. The Bertz CT molecular complexity index is 1870. The van der Waals surface area contributed by atoms with Crippen molar-refractivity contribution in [3.05, 3.63) is 119 Å². The molecular weight excluding hydrogens is 559 g/mol. The summed E-state index contributed by atoms with van der Waals surface area (Å²) in [4.78, 5) is 23.5. The van der Waals surface area contributed by atoms with Gasteiger partial charge < -0.3 is 19.1 Å². The number of carboxylic acids is 1. The van der Waals surface area contributed by atoms with E-state index in [-0.39, 0.29) is 17.3 Å². The highest BCUT2D eigenvalue weighted by atomic mass is 19.1. The highest BCUT2D eigenvalue weighted by molar-refractivity contribution is 5.92. The molecule has 2 aliphatic heterocycles. The van der Waals surface area contributed by atoms with Gasteiger partial charge in [0.15, 0.2) is 11.5 Å². The van der Waals surface area contributed by atoms with E-state index in [1.807, 2.05) is 43.3 Å². The van der Waals surface area contributed by atoms with Crippen LogP contribution in [-0.4, -0.2) is 43.6 Å². The van der Waals surface area contributed by atoms with Gasteiger partial charge in [-0.3, -0.25) is 9.88 Å². The monoisotopic (exact) mass is 592 g/mol. The summed E-state index contributed by atoms with van der Waals surface area (Å²) >= 11 is 0. The van der Waals surface area contributed by atoms with Crippen molar-refractivity contribution >= 4 is 17.0 Å². The number of halogens is 1. The molecular formula is C35H33FN4O4. The standard InChI is InChI=1S/C35H33FN4O4/c1-22-9-11-27(28(36)18-22)35(2)43-31-8-5-7-26(33(31)44-35)23-13-16-39(17-14-23)21-32-38-29-12-10-24(34(41)42)19-30(29)40(32)20-25-6-3-4-15-37-25/h3-12,15,18-19,23H,13-14,16-17,20-21H2,1-2H3,(H,41,42). The van der Waals surface area contributed by atoms with Crippen molar-refractivity contribution in [3.8, 4) is 11.5 Å². The Morgan fingerprint density at radius 2 is 1.86 bits per heavy atom. The number of hydrogen-bond donors (Lipinski definition) is 1. The minimum atomic E-state index is -1.23. The van der Waals surface area contributed by atoms with Crippen LogP contribution < -0.4 is 9.47 Å². The van der Waals surface area contributed by atoms with Crippen LogP contribution in [0.2, 0.25) is 0 Å². The summed E-state index contributed by atoms with van der Waals surface area (Å²) in [7, 11) is 0. The van der Waals surface area contributed by atoms with Crippen LogP contribution in [-0.2, 0) is 18.9 Å². The fourth-order valence-electron chi connectivity index (χ4n) is 6.43. The minimum absolute atomic E-state index is 0.231. The number of hydrogen-bond acceptors (Lipinski definition) is 6. The maximum atomic E-state index is 14.9. The van der Waals surface area contributed by atoms with Gasteiger partial charge in [0, 0.05) is 18.7 Å². The summed E-state index contributed by atoms with van der Waals surface area (Å²) < 4.78 is 29.6. The first kappa shape index (κ1) is 28.0. The van der Waals surface area contributed by atoms with Gasteiger partial charge >= 0.3 is 5.97 Å². The number of rotatable bonds is 7.